The van der Waals surface area contributed by atoms with Crippen LogP contribution in [0.1, 0.15) is 16.0 Å². The van der Waals surface area contributed by atoms with Crippen LogP contribution < -0.4 is 5.73 Å². The molecule has 2 rings (SSSR count). The number of sulfonamides is 1. The fraction of sp³-hybridized carbons (Fsp3) is 0.286. The summed E-state index contributed by atoms with van der Waals surface area (Å²) in [6, 6.07) is 6.44. The molecule has 0 aliphatic carbocycles. The molecule has 0 amide bonds. The van der Waals surface area contributed by atoms with Gasteiger partial charge in [0.15, 0.2) is 0 Å². The number of thiophene rings is 1. The van der Waals surface area contributed by atoms with Gasteiger partial charge >= 0.3 is 0 Å². The predicted octanol–water partition coefficient (Wildman–Crippen LogP) is 2.48. The maximum Gasteiger partial charge on any atom is 0.243 e. The van der Waals surface area contributed by atoms with E-state index in [0.29, 0.717) is 5.56 Å². The maximum absolute atomic E-state index is 13.9. The van der Waals surface area contributed by atoms with E-state index in [2.05, 4.69) is 0 Å². The van der Waals surface area contributed by atoms with Gasteiger partial charge in [-0.05, 0) is 36.1 Å². The second kappa shape index (κ2) is 6.23. The molecule has 2 aromatic rings. The highest BCUT2D eigenvalue weighted by molar-refractivity contribution is 7.89. The molecule has 0 aliphatic heterocycles. The second-order valence-corrected chi connectivity index (χ2v) is 7.79. The van der Waals surface area contributed by atoms with Gasteiger partial charge < -0.3 is 5.73 Å². The molecule has 0 saturated carbocycles. The third kappa shape index (κ3) is 3.32. The van der Waals surface area contributed by atoms with Crippen LogP contribution in [0.4, 0.5) is 4.39 Å². The molecule has 114 valence electrons. The van der Waals surface area contributed by atoms with Crippen molar-refractivity contribution in [2.24, 2.45) is 5.73 Å². The van der Waals surface area contributed by atoms with Crippen molar-refractivity contribution < 1.29 is 12.8 Å². The Labute approximate surface area is 128 Å². The van der Waals surface area contributed by atoms with Crippen molar-refractivity contribution in [3.05, 3.63) is 51.5 Å². The Morgan fingerprint density at radius 1 is 1.38 bits per heavy atom. The Hall–Kier alpha value is -1.28. The lowest BCUT2D eigenvalue weighted by Gasteiger charge is -2.18. The second-order valence-electron chi connectivity index (χ2n) is 4.75. The molecular weight excluding hydrogens is 311 g/mol. The molecule has 7 heteroatoms. The zero-order chi connectivity index (χ0) is 15.6. The molecule has 0 saturated heterocycles. The Morgan fingerprint density at radius 3 is 2.67 bits per heavy atom. The highest BCUT2D eigenvalue weighted by Crippen LogP contribution is 2.25. The molecule has 0 bridgehead atoms. The summed E-state index contributed by atoms with van der Waals surface area (Å²) in [4.78, 5) is 0.899. The van der Waals surface area contributed by atoms with E-state index in [1.807, 2.05) is 17.5 Å². The van der Waals surface area contributed by atoms with Crippen LogP contribution in [0.15, 0.2) is 34.5 Å². The average molecular weight is 328 g/mol. The monoisotopic (exact) mass is 328 g/mol. The third-order valence-corrected chi connectivity index (χ3v) is 6.03. The average Bonchev–Trinajstić information content (AvgIpc) is 2.94. The minimum absolute atomic E-state index is 0.0259. The van der Waals surface area contributed by atoms with Crippen molar-refractivity contribution in [2.75, 3.05) is 7.05 Å². The Kier molecular flexibility index (Phi) is 4.77. The van der Waals surface area contributed by atoms with Crippen LogP contribution in [0.5, 0.6) is 0 Å². The summed E-state index contributed by atoms with van der Waals surface area (Å²) >= 11 is 1.48. The zero-order valence-electron chi connectivity index (χ0n) is 11.8. The number of nitrogens with two attached hydrogens (primary N) is 1. The van der Waals surface area contributed by atoms with E-state index < -0.39 is 15.8 Å². The molecule has 0 aliphatic rings. The molecule has 0 radical (unpaired) electrons. The highest BCUT2D eigenvalue weighted by atomic mass is 32.2. The van der Waals surface area contributed by atoms with E-state index in [9.17, 15) is 12.8 Å². The molecule has 0 unspecified atom stereocenters. The van der Waals surface area contributed by atoms with E-state index in [0.717, 1.165) is 4.88 Å². The minimum Gasteiger partial charge on any atom is -0.326 e. The SMILES string of the molecule is Cc1c(F)cc(CN)cc1S(=O)(=O)N(C)Cc1cccs1. The number of benzene rings is 1. The van der Waals surface area contributed by atoms with Crippen LogP contribution in [-0.2, 0) is 23.1 Å². The topological polar surface area (TPSA) is 63.4 Å². The van der Waals surface area contributed by atoms with Crippen molar-refractivity contribution in [3.63, 3.8) is 0 Å². The van der Waals surface area contributed by atoms with Crippen molar-refractivity contribution in [1.82, 2.24) is 4.31 Å². The summed E-state index contributed by atoms with van der Waals surface area (Å²) in [6.45, 7) is 1.81. The lowest BCUT2D eigenvalue weighted by atomic mass is 10.1. The van der Waals surface area contributed by atoms with Gasteiger partial charge in [-0.15, -0.1) is 11.3 Å². The van der Waals surface area contributed by atoms with Gasteiger partial charge in [-0.1, -0.05) is 6.07 Å². The van der Waals surface area contributed by atoms with Gasteiger partial charge in [-0.25, -0.2) is 12.8 Å². The largest absolute Gasteiger partial charge is 0.326 e. The van der Waals surface area contributed by atoms with Gasteiger partial charge in [-0.2, -0.15) is 4.31 Å². The lowest BCUT2D eigenvalue weighted by molar-refractivity contribution is 0.468. The van der Waals surface area contributed by atoms with Crippen molar-refractivity contribution in [3.8, 4) is 0 Å². The first-order chi connectivity index (χ1) is 9.86. The number of rotatable bonds is 5. The lowest BCUT2D eigenvalue weighted by Crippen LogP contribution is -2.27. The number of halogens is 1. The first kappa shape index (κ1) is 16.1. The Morgan fingerprint density at radius 2 is 2.10 bits per heavy atom. The first-order valence-corrected chi connectivity index (χ1v) is 8.66. The quantitative estimate of drug-likeness (QED) is 0.917. The Bertz CT molecular complexity index is 728. The molecule has 21 heavy (non-hydrogen) atoms. The van der Waals surface area contributed by atoms with E-state index in [1.165, 1.54) is 41.7 Å². The zero-order valence-corrected chi connectivity index (χ0v) is 13.5. The fourth-order valence-electron chi connectivity index (χ4n) is 1.97. The van der Waals surface area contributed by atoms with Crippen LogP contribution in [0.25, 0.3) is 0 Å². The molecule has 1 aromatic carbocycles. The Balaban J connectivity index is 2.41. The van der Waals surface area contributed by atoms with E-state index in [-0.39, 0.29) is 23.5 Å². The molecule has 1 heterocycles. The maximum atomic E-state index is 13.9. The van der Waals surface area contributed by atoms with E-state index >= 15 is 0 Å². The first-order valence-electron chi connectivity index (χ1n) is 6.34. The van der Waals surface area contributed by atoms with Crippen LogP contribution in [0.3, 0.4) is 0 Å². The van der Waals surface area contributed by atoms with Crippen molar-refractivity contribution in [2.45, 2.75) is 24.9 Å². The summed E-state index contributed by atoms with van der Waals surface area (Å²) in [5, 5.41) is 1.88. The summed E-state index contributed by atoms with van der Waals surface area (Å²) in [5.74, 6) is -0.555. The summed E-state index contributed by atoms with van der Waals surface area (Å²) in [7, 11) is -2.27. The predicted molar refractivity (Wildman–Crippen MR) is 82.0 cm³/mol. The van der Waals surface area contributed by atoms with Crippen molar-refractivity contribution in [1.29, 1.82) is 0 Å². The van der Waals surface area contributed by atoms with E-state index in [4.69, 9.17) is 5.73 Å². The molecular formula is C14H17FN2O2S2. The molecule has 4 nitrogen and oxygen atoms in total. The minimum atomic E-state index is -3.76. The van der Waals surface area contributed by atoms with Gasteiger partial charge in [0.1, 0.15) is 5.82 Å². The van der Waals surface area contributed by atoms with Gasteiger partial charge in [0.05, 0.1) is 4.90 Å². The third-order valence-electron chi connectivity index (χ3n) is 3.24. The molecule has 0 atom stereocenters. The number of nitrogens with zero attached hydrogens (tertiary/aromatic N) is 1. The standard InChI is InChI=1S/C14H17FN2O2S2/c1-10-13(15)6-11(8-16)7-14(10)21(18,19)17(2)9-12-4-3-5-20-12/h3-7H,8-9,16H2,1-2H3. The number of hydrogen-bond donors (Lipinski definition) is 1. The normalized spacial score (nSPS) is 12.0. The van der Waals surface area contributed by atoms with Crippen LogP contribution in [0.2, 0.25) is 0 Å². The van der Waals surface area contributed by atoms with Gasteiger partial charge in [0, 0.05) is 30.6 Å². The van der Waals surface area contributed by atoms with Gasteiger partial charge in [0.2, 0.25) is 10.0 Å². The van der Waals surface area contributed by atoms with Crippen LogP contribution >= 0.6 is 11.3 Å². The van der Waals surface area contributed by atoms with E-state index in [1.54, 1.807) is 0 Å². The van der Waals surface area contributed by atoms with Crippen molar-refractivity contribution >= 4 is 21.4 Å². The van der Waals surface area contributed by atoms with Gasteiger partial charge in [-0.3, -0.25) is 0 Å². The summed E-state index contributed by atoms with van der Waals surface area (Å²) < 4.78 is 40.3. The van der Waals surface area contributed by atoms with Crippen LogP contribution in [-0.4, -0.2) is 19.8 Å². The smallest absolute Gasteiger partial charge is 0.243 e. The molecule has 1 aromatic heterocycles. The summed E-state index contributed by atoms with van der Waals surface area (Å²) in [6.07, 6.45) is 0. The molecule has 0 spiro atoms. The molecule has 0 fully saturated rings. The molecule has 2 N–H and O–H groups in total. The van der Waals surface area contributed by atoms with Crippen LogP contribution in [0, 0.1) is 12.7 Å². The number of hydrogen-bond acceptors (Lipinski definition) is 4. The summed E-state index contributed by atoms with van der Waals surface area (Å²) in [5.41, 5.74) is 6.07. The highest BCUT2D eigenvalue weighted by Gasteiger charge is 2.25. The fourth-order valence-corrected chi connectivity index (χ4v) is 4.24. The van der Waals surface area contributed by atoms with Gasteiger partial charge in [0.25, 0.3) is 0 Å².